The number of benzene rings is 2. The zero-order valence-corrected chi connectivity index (χ0v) is 17.3. The highest BCUT2D eigenvalue weighted by molar-refractivity contribution is 5.90. The van der Waals surface area contributed by atoms with Crippen LogP contribution in [0.5, 0.6) is 0 Å². The fourth-order valence-electron chi connectivity index (χ4n) is 4.27. The van der Waals surface area contributed by atoms with Crippen LogP contribution >= 0.6 is 0 Å². The molecule has 2 aromatic carbocycles. The van der Waals surface area contributed by atoms with Crippen LogP contribution in [0.1, 0.15) is 19.3 Å². The predicted molar refractivity (Wildman–Crippen MR) is 113 cm³/mol. The van der Waals surface area contributed by atoms with E-state index >= 15 is 0 Å². The van der Waals surface area contributed by atoms with Gasteiger partial charge in [0.25, 0.3) is 0 Å². The van der Waals surface area contributed by atoms with E-state index in [-0.39, 0.29) is 17.9 Å². The Bertz CT molecular complexity index is 1120. The molecule has 3 aromatic rings. The molecule has 0 bridgehead atoms. The minimum atomic E-state index is -0.563. The van der Waals surface area contributed by atoms with Gasteiger partial charge in [-0.1, -0.05) is 6.07 Å². The Morgan fingerprint density at radius 3 is 2.59 bits per heavy atom. The maximum absolute atomic E-state index is 15.0. The van der Waals surface area contributed by atoms with Crippen molar-refractivity contribution in [2.75, 3.05) is 29.4 Å². The van der Waals surface area contributed by atoms with Gasteiger partial charge in [-0.3, -0.25) is 4.90 Å². The van der Waals surface area contributed by atoms with Crippen molar-refractivity contribution in [3.05, 3.63) is 54.4 Å². The monoisotopic (exact) mass is 440 g/mol. The molecule has 3 heterocycles. The van der Waals surface area contributed by atoms with Gasteiger partial charge in [0.1, 0.15) is 24.1 Å². The molecule has 2 saturated heterocycles. The summed E-state index contributed by atoms with van der Waals surface area (Å²) in [5.74, 6) is -0.897. The van der Waals surface area contributed by atoms with Crippen molar-refractivity contribution in [1.29, 1.82) is 0 Å². The maximum atomic E-state index is 15.0. The molecule has 166 valence electrons. The maximum Gasteiger partial charge on any atom is 0.414 e. The van der Waals surface area contributed by atoms with Crippen molar-refractivity contribution >= 4 is 17.5 Å². The van der Waals surface area contributed by atoms with Gasteiger partial charge in [-0.25, -0.2) is 18.3 Å². The Balaban J connectivity index is 1.33. The first kappa shape index (κ1) is 20.3. The molecule has 0 N–H and O–H groups in total. The first-order chi connectivity index (χ1) is 15.6. The molecule has 8 nitrogen and oxygen atoms in total. The molecule has 0 unspecified atom stereocenters. The van der Waals surface area contributed by atoms with Gasteiger partial charge in [-0.05, 0) is 65.6 Å². The summed E-state index contributed by atoms with van der Waals surface area (Å²) in [6, 6.07) is 9.28. The number of halogens is 2. The zero-order valence-electron chi connectivity index (χ0n) is 17.3. The third-order valence-corrected chi connectivity index (χ3v) is 5.88. The Kier molecular flexibility index (Phi) is 5.42. The number of tetrazole rings is 1. The minimum Gasteiger partial charge on any atom is -0.442 e. The molecule has 2 aliphatic heterocycles. The van der Waals surface area contributed by atoms with E-state index in [0.29, 0.717) is 23.5 Å². The number of aromatic nitrogens is 4. The highest BCUT2D eigenvalue weighted by Crippen LogP contribution is 2.32. The summed E-state index contributed by atoms with van der Waals surface area (Å²) in [5, 5.41) is 10.9. The van der Waals surface area contributed by atoms with E-state index < -0.39 is 18.0 Å². The molecular weight excluding hydrogens is 418 g/mol. The second-order valence-corrected chi connectivity index (χ2v) is 8.03. The molecule has 2 fully saturated rings. The lowest BCUT2D eigenvalue weighted by atomic mass is 10.0. The van der Waals surface area contributed by atoms with Gasteiger partial charge in [0.15, 0.2) is 0 Å². The van der Waals surface area contributed by atoms with Crippen molar-refractivity contribution in [1.82, 2.24) is 20.2 Å². The van der Waals surface area contributed by atoms with Crippen LogP contribution in [0.4, 0.5) is 25.0 Å². The third-order valence-electron chi connectivity index (χ3n) is 5.88. The van der Waals surface area contributed by atoms with Crippen LogP contribution in [-0.2, 0) is 11.3 Å². The number of carbonyl (C=O) groups excluding carboxylic acids is 1. The Hall–Kier alpha value is -3.56. The number of amides is 1. The first-order valence-corrected chi connectivity index (χ1v) is 10.6. The number of cyclic esters (lactones) is 1. The van der Waals surface area contributed by atoms with Crippen molar-refractivity contribution in [2.24, 2.45) is 0 Å². The quantitative estimate of drug-likeness (QED) is 0.603. The molecule has 0 spiro atoms. The molecule has 1 amide bonds. The Morgan fingerprint density at radius 1 is 1.03 bits per heavy atom. The zero-order chi connectivity index (χ0) is 22.1. The van der Waals surface area contributed by atoms with Gasteiger partial charge in [0.05, 0.1) is 24.5 Å². The van der Waals surface area contributed by atoms with Crippen LogP contribution in [-0.4, -0.2) is 52.0 Å². The molecular formula is C22H22F2N6O2. The molecule has 0 aliphatic carbocycles. The highest BCUT2D eigenvalue weighted by atomic mass is 19.1. The van der Waals surface area contributed by atoms with Crippen LogP contribution in [0, 0.1) is 11.6 Å². The lowest BCUT2D eigenvalue weighted by molar-refractivity contribution is 0.129. The molecule has 2 aliphatic rings. The average molecular weight is 440 g/mol. The van der Waals surface area contributed by atoms with E-state index in [1.54, 1.807) is 24.3 Å². The van der Waals surface area contributed by atoms with E-state index in [9.17, 15) is 13.6 Å². The van der Waals surface area contributed by atoms with E-state index in [2.05, 4.69) is 15.5 Å². The third kappa shape index (κ3) is 4.00. The second-order valence-electron chi connectivity index (χ2n) is 8.03. The van der Waals surface area contributed by atoms with Crippen molar-refractivity contribution < 1.29 is 18.3 Å². The van der Waals surface area contributed by atoms with Crippen LogP contribution < -0.4 is 9.80 Å². The molecule has 0 radical (unpaired) electrons. The number of rotatable bonds is 5. The second kappa shape index (κ2) is 8.52. The van der Waals surface area contributed by atoms with Gasteiger partial charge in [0.2, 0.25) is 0 Å². The lowest BCUT2D eigenvalue weighted by Crippen LogP contribution is -2.30. The Labute approximate surface area is 183 Å². The van der Waals surface area contributed by atoms with E-state index in [0.717, 1.165) is 32.4 Å². The van der Waals surface area contributed by atoms with Gasteiger partial charge in [-0.2, -0.15) is 0 Å². The molecule has 32 heavy (non-hydrogen) atoms. The van der Waals surface area contributed by atoms with Gasteiger partial charge < -0.3 is 9.64 Å². The van der Waals surface area contributed by atoms with E-state index in [1.165, 1.54) is 28.0 Å². The largest absolute Gasteiger partial charge is 0.442 e. The number of carbonyl (C=O) groups is 1. The topological polar surface area (TPSA) is 76.4 Å². The summed E-state index contributed by atoms with van der Waals surface area (Å²) in [6.07, 6.45) is 3.68. The summed E-state index contributed by atoms with van der Waals surface area (Å²) in [4.78, 5) is 15.7. The van der Waals surface area contributed by atoms with Crippen LogP contribution in [0.2, 0.25) is 0 Å². The predicted octanol–water partition coefficient (Wildman–Crippen LogP) is 3.63. The number of hydrogen-bond acceptors (Lipinski definition) is 6. The lowest BCUT2D eigenvalue weighted by Gasteiger charge is -2.29. The average Bonchev–Trinajstić information content (AvgIpc) is 3.44. The molecule has 1 aromatic heterocycles. The standard InChI is InChI=1S/C22H22F2N6O2/c23-19-11-16(30-13-17(32-22(30)31)12-29-14-25-26-27-29)5-6-18(19)15-4-7-21(20(24)10-15)28-8-2-1-3-9-28/h4-7,10-11,14,17H,1-3,8-9,12-13H2/t17-/m0/s1. The number of nitrogens with zero attached hydrogens (tertiary/aromatic N) is 6. The minimum absolute atomic E-state index is 0.247. The molecule has 10 heteroatoms. The summed E-state index contributed by atoms with van der Waals surface area (Å²) in [7, 11) is 0. The van der Waals surface area contributed by atoms with Gasteiger partial charge in [-0.15, -0.1) is 5.10 Å². The number of ether oxygens (including phenoxy) is 1. The SMILES string of the molecule is O=C1O[C@@H](Cn2cnnn2)CN1c1ccc(-c2ccc(N3CCCCC3)c(F)c2)c(F)c1. The van der Waals surface area contributed by atoms with Crippen molar-refractivity contribution in [2.45, 2.75) is 31.9 Å². The molecule has 0 saturated carbocycles. The Morgan fingerprint density at radius 2 is 1.88 bits per heavy atom. The van der Waals surface area contributed by atoms with Gasteiger partial charge >= 0.3 is 6.09 Å². The number of hydrogen-bond donors (Lipinski definition) is 0. The van der Waals surface area contributed by atoms with Crippen LogP contribution in [0.25, 0.3) is 11.1 Å². The first-order valence-electron chi connectivity index (χ1n) is 10.6. The van der Waals surface area contributed by atoms with Gasteiger partial charge in [0, 0.05) is 18.7 Å². The summed E-state index contributed by atoms with van der Waals surface area (Å²) < 4.78 is 36.5. The van der Waals surface area contributed by atoms with Crippen molar-refractivity contribution in [3.63, 3.8) is 0 Å². The van der Waals surface area contributed by atoms with Crippen LogP contribution in [0.3, 0.4) is 0 Å². The normalized spacial score (nSPS) is 18.8. The van der Waals surface area contributed by atoms with E-state index in [4.69, 9.17) is 4.74 Å². The number of piperidine rings is 1. The molecule has 5 rings (SSSR count). The smallest absolute Gasteiger partial charge is 0.414 e. The van der Waals surface area contributed by atoms with Crippen molar-refractivity contribution in [3.8, 4) is 11.1 Å². The fraction of sp³-hybridized carbons (Fsp3) is 0.364. The summed E-state index contributed by atoms with van der Waals surface area (Å²) in [5.41, 5.74) is 1.66. The summed E-state index contributed by atoms with van der Waals surface area (Å²) >= 11 is 0. The summed E-state index contributed by atoms with van der Waals surface area (Å²) in [6.45, 7) is 2.22. The van der Waals surface area contributed by atoms with E-state index in [1.807, 2.05) is 4.90 Å². The highest BCUT2D eigenvalue weighted by Gasteiger charge is 2.33. The van der Waals surface area contributed by atoms with Crippen LogP contribution in [0.15, 0.2) is 42.7 Å². The fourth-order valence-corrected chi connectivity index (χ4v) is 4.27. The number of anilines is 2. The molecule has 1 atom stereocenters.